The van der Waals surface area contributed by atoms with Gasteiger partial charge >= 0.3 is 5.97 Å². The number of nitrogens with one attached hydrogen (secondary N) is 1. The second-order valence-corrected chi connectivity index (χ2v) is 4.53. The number of benzene rings is 2. The van der Waals surface area contributed by atoms with Crippen LogP contribution in [0.2, 0.25) is 0 Å². The molecular weight excluding hydrogens is 278 g/mol. The molecule has 0 bridgehead atoms. The van der Waals surface area contributed by atoms with E-state index in [0.29, 0.717) is 12.3 Å². The van der Waals surface area contributed by atoms with E-state index in [1.165, 1.54) is 6.08 Å². The maximum absolute atomic E-state index is 11.8. The Morgan fingerprint density at radius 1 is 1.09 bits per heavy atom. The van der Waals surface area contributed by atoms with Crippen LogP contribution < -0.4 is 10.1 Å². The van der Waals surface area contributed by atoms with Gasteiger partial charge < -0.3 is 14.8 Å². The van der Waals surface area contributed by atoms with E-state index in [4.69, 9.17) is 9.47 Å². The van der Waals surface area contributed by atoms with Crippen LogP contribution in [0.25, 0.3) is 5.70 Å². The molecule has 4 nitrogen and oxygen atoms in total. The molecule has 2 rings (SSSR count). The largest absolute Gasteiger partial charge is 0.497 e. The molecule has 0 unspecified atom stereocenters. The monoisotopic (exact) mass is 297 g/mol. The van der Waals surface area contributed by atoms with Crippen molar-refractivity contribution in [2.45, 2.75) is 6.92 Å². The van der Waals surface area contributed by atoms with Crippen LogP contribution in [-0.2, 0) is 9.53 Å². The van der Waals surface area contributed by atoms with Crippen molar-refractivity contribution >= 4 is 17.4 Å². The third-order valence-corrected chi connectivity index (χ3v) is 3.00. The first-order chi connectivity index (χ1) is 10.7. The van der Waals surface area contributed by atoms with Gasteiger partial charge in [0.1, 0.15) is 5.75 Å². The van der Waals surface area contributed by atoms with Crippen LogP contribution in [0.15, 0.2) is 60.7 Å². The van der Waals surface area contributed by atoms with Gasteiger partial charge in [-0.2, -0.15) is 0 Å². The molecule has 0 saturated carbocycles. The summed E-state index contributed by atoms with van der Waals surface area (Å²) in [4.78, 5) is 11.8. The van der Waals surface area contributed by atoms with Crippen molar-refractivity contribution < 1.29 is 14.3 Å². The molecule has 0 amide bonds. The highest BCUT2D eigenvalue weighted by Crippen LogP contribution is 2.21. The lowest BCUT2D eigenvalue weighted by Crippen LogP contribution is -2.05. The summed E-state index contributed by atoms with van der Waals surface area (Å²) >= 11 is 0. The van der Waals surface area contributed by atoms with Gasteiger partial charge in [0.15, 0.2) is 0 Å². The lowest BCUT2D eigenvalue weighted by molar-refractivity contribution is -0.137. The smallest absolute Gasteiger partial charge is 0.332 e. The van der Waals surface area contributed by atoms with Gasteiger partial charge in [0.25, 0.3) is 0 Å². The molecule has 2 aromatic rings. The van der Waals surface area contributed by atoms with Gasteiger partial charge in [0, 0.05) is 11.8 Å². The van der Waals surface area contributed by atoms with Gasteiger partial charge in [0.05, 0.1) is 19.4 Å². The number of ether oxygens (including phenoxy) is 2. The minimum atomic E-state index is -0.373. The van der Waals surface area contributed by atoms with Crippen molar-refractivity contribution in [2.24, 2.45) is 0 Å². The number of carbonyl (C=O) groups excluding carboxylic acids is 1. The summed E-state index contributed by atoms with van der Waals surface area (Å²) < 4.78 is 10.1. The van der Waals surface area contributed by atoms with Crippen molar-refractivity contribution in [3.8, 4) is 5.75 Å². The Morgan fingerprint density at radius 3 is 2.36 bits per heavy atom. The second-order valence-electron chi connectivity index (χ2n) is 4.53. The van der Waals surface area contributed by atoms with Crippen molar-refractivity contribution in [1.29, 1.82) is 0 Å². The molecule has 0 heterocycles. The Balaban J connectivity index is 2.26. The molecule has 2 aromatic carbocycles. The van der Waals surface area contributed by atoms with Crippen molar-refractivity contribution in [1.82, 2.24) is 0 Å². The van der Waals surface area contributed by atoms with Crippen LogP contribution in [0.3, 0.4) is 0 Å². The zero-order chi connectivity index (χ0) is 15.8. The fourth-order valence-corrected chi connectivity index (χ4v) is 1.94. The van der Waals surface area contributed by atoms with Gasteiger partial charge in [-0.15, -0.1) is 0 Å². The Labute approximate surface area is 130 Å². The Bertz CT molecular complexity index is 633. The molecule has 0 saturated heterocycles. The van der Waals surface area contributed by atoms with E-state index in [0.717, 1.165) is 17.0 Å². The van der Waals surface area contributed by atoms with Crippen molar-refractivity contribution in [3.63, 3.8) is 0 Å². The van der Waals surface area contributed by atoms with Crippen molar-refractivity contribution in [2.75, 3.05) is 19.0 Å². The maximum Gasteiger partial charge on any atom is 0.332 e. The fraction of sp³-hybridized carbons (Fsp3) is 0.167. The lowest BCUT2D eigenvalue weighted by atomic mass is 10.1. The quantitative estimate of drug-likeness (QED) is 0.652. The highest BCUT2D eigenvalue weighted by atomic mass is 16.5. The molecule has 0 spiro atoms. The number of hydrogen-bond acceptors (Lipinski definition) is 4. The SMILES string of the molecule is CCOC(=O)/C=C(\Nc1ccc(OC)cc1)c1ccccc1. The van der Waals surface area contributed by atoms with E-state index in [2.05, 4.69) is 5.32 Å². The van der Waals surface area contributed by atoms with Gasteiger partial charge in [-0.05, 0) is 36.8 Å². The van der Waals surface area contributed by atoms with Crippen LogP contribution in [0.4, 0.5) is 5.69 Å². The number of rotatable bonds is 6. The Kier molecular flexibility index (Phi) is 5.60. The number of methoxy groups -OCH3 is 1. The van der Waals surface area contributed by atoms with E-state index in [-0.39, 0.29) is 5.97 Å². The van der Waals surface area contributed by atoms with Crippen LogP contribution in [0.5, 0.6) is 5.75 Å². The predicted molar refractivity (Wildman–Crippen MR) is 87.7 cm³/mol. The third kappa shape index (κ3) is 4.38. The van der Waals surface area contributed by atoms with Crippen LogP contribution in [0, 0.1) is 0 Å². The van der Waals surface area contributed by atoms with Gasteiger partial charge in [-0.3, -0.25) is 0 Å². The molecule has 1 N–H and O–H groups in total. The van der Waals surface area contributed by atoms with Crippen molar-refractivity contribution in [3.05, 3.63) is 66.2 Å². The number of carbonyl (C=O) groups is 1. The van der Waals surface area contributed by atoms with E-state index in [1.807, 2.05) is 54.6 Å². The van der Waals surface area contributed by atoms with Gasteiger partial charge in [-0.25, -0.2) is 4.79 Å². The maximum atomic E-state index is 11.8. The molecule has 0 aliphatic carbocycles. The van der Waals surface area contributed by atoms with Gasteiger partial charge in [-0.1, -0.05) is 30.3 Å². The number of hydrogen-bond donors (Lipinski definition) is 1. The molecule has 22 heavy (non-hydrogen) atoms. The van der Waals surface area contributed by atoms with Crippen LogP contribution in [0.1, 0.15) is 12.5 Å². The van der Waals surface area contributed by atoms with E-state index in [9.17, 15) is 4.79 Å². The Hall–Kier alpha value is -2.75. The van der Waals surface area contributed by atoms with E-state index in [1.54, 1.807) is 14.0 Å². The highest BCUT2D eigenvalue weighted by molar-refractivity contribution is 5.94. The summed E-state index contributed by atoms with van der Waals surface area (Å²) in [6.45, 7) is 2.13. The lowest BCUT2D eigenvalue weighted by Gasteiger charge is -2.12. The van der Waals surface area contributed by atoms with E-state index < -0.39 is 0 Å². The standard InChI is InChI=1S/C18H19NO3/c1-3-22-18(20)13-17(14-7-5-4-6-8-14)19-15-9-11-16(21-2)12-10-15/h4-13,19H,3H2,1-2H3/b17-13-. The van der Waals surface area contributed by atoms with Gasteiger partial charge in [0.2, 0.25) is 0 Å². The third-order valence-electron chi connectivity index (χ3n) is 3.00. The molecule has 0 fully saturated rings. The van der Waals surface area contributed by atoms with Crippen LogP contribution in [-0.4, -0.2) is 19.7 Å². The molecule has 0 aromatic heterocycles. The first-order valence-corrected chi connectivity index (χ1v) is 7.08. The average Bonchev–Trinajstić information content (AvgIpc) is 2.56. The summed E-state index contributed by atoms with van der Waals surface area (Å²) in [7, 11) is 1.62. The molecule has 0 aliphatic heterocycles. The topological polar surface area (TPSA) is 47.6 Å². The normalized spacial score (nSPS) is 10.9. The summed E-state index contributed by atoms with van der Waals surface area (Å²) in [5.41, 5.74) is 2.45. The first-order valence-electron chi connectivity index (χ1n) is 7.08. The molecule has 0 radical (unpaired) electrons. The summed E-state index contributed by atoms with van der Waals surface area (Å²) in [5.74, 6) is 0.406. The molecule has 4 heteroatoms. The predicted octanol–water partition coefficient (Wildman–Crippen LogP) is 3.71. The number of esters is 1. The zero-order valence-corrected chi connectivity index (χ0v) is 12.7. The fourth-order valence-electron chi connectivity index (χ4n) is 1.94. The number of anilines is 1. The average molecular weight is 297 g/mol. The zero-order valence-electron chi connectivity index (χ0n) is 12.7. The highest BCUT2D eigenvalue weighted by Gasteiger charge is 2.06. The minimum Gasteiger partial charge on any atom is -0.497 e. The van der Waals surface area contributed by atoms with E-state index >= 15 is 0 Å². The summed E-state index contributed by atoms with van der Waals surface area (Å²) in [5, 5.41) is 3.24. The molecular formula is C18H19NO3. The Morgan fingerprint density at radius 2 is 1.77 bits per heavy atom. The molecule has 114 valence electrons. The summed E-state index contributed by atoms with van der Waals surface area (Å²) in [6.07, 6.45) is 1.46. The molecule has 0 atom stereocenters. The van der Waals surface area contributed by atoms with Crippen LogP contribution >= 0.6 is 0 Å². The molecule has 0 aliphatic rings. The first kappa shape index (κ1) is 15.6. The minimum absolute atomic E-state index is 0.347. The second kappa shape index (κ2) is 7.88. The summed E-state index contributed by atoms with van der Waals surface area (Å²) in [6, 6.07) is 17.1.